The Kier molecular flexibility index (Phi) is 16.8. The topological polar surface area (TPSA) is 121 Å². The molecule has 2 aromatic heterocycles. The van der Waals surface area contributed by atoms with E-state index in [4.69, 9.17) is 17.2 Å². The summed E-state index contributed by atoms with van der Waals surface area (Å²) >= 11 is 0. The molecule has 6 nitrogen and oxygen atoms in total. The van der Waals surface area contributed by atoms with Crippen LogP contribution in [0.5, 0.6) is 0 Å². The molecule has 0 aliphatic heterocycles. The van der Waals surface area contributed by atoms with E-state index in [0.717, 1.165) is 41.1 Å². The first-order chi connectivity index (χ1) is 12.9. The molecule has 0 bridgehead atoms. The number of halogens is 2. The number of hydrogen-bond donors (Lipinski definition) is 3. The molecular formula is C20H29Cl2N5ORuS. The van der Waals surface area contributed by atoms with Crippen LogP contribution in [0.15, 0.2) is 48.8 Å². The fourth-order valence-electron chi connectivity index (χ4n) is 3.14. The molecule has 0 spiro atoms. The number of benzene rings is 1. The Labute approximate surface area is 206 Å². The average Bonchev–Trinajstić information content (AvgIpc) is 2.60. The first-order valence-electron chi connectivity index (χ1n) is 8.97. The molecule has 0 unspecified atom stereocenters. The smallest absolute Gasteiger partial charge is 1.00 e. The van der Waals surface area contributed by atoms with E-state index in [1.807, 2.05) is 12.1 Å². The van der Waals surface area contributed by atoms with Crippen molar-refractivity contribution in [2.24, 2.45) is 17.2 Å². The maximum absolute atomic E-state index is 9.56. The van der Waals surface area contributed by atoms with Crippen LogP contribution in [-0.4, -0.2) is 44.8 Å². The van der Waals surface area contributed by atoms with Crippen LogP contribution in [0.1, 0.15) is 19.3 Å². The predicted octanol–water partition coefficient (Wildman–Crippen LogP) is -4.06. The maximum Gasteiger partial charge on any atom is 2.00 e. The third-order valence-electron chi connectivity index (χ3n) is 4.16. The summed E-state index contributed by atoms with van der Waals surface area (Å²) in [6.45, 7) is 0. The van der Waals surface area contributed by atoms with E-state index < -0.39 is 10.8 Å². The van der Waals surface area contributed by atoms with Crippen molar-refractivity contribution >= 4 is 32.6 Å². The molecule has 0 radical (unpaired) electrons. The minimum atomic E-state index is -0.611. The number of nitrogens with two attached hydrogens (primary N) is 3. The summed E-state index contributed by atoms with van der Waals surface area (Å²) in [6, 6.07) is 12.9. The van der Waals surface area contributed by atoms with Gasteiger partial charge in [0, 0.05) is 64.6 Å². The fourth-order valence-corrected chi connectivity index (χ4v) is 3.14. The predicted molar refractivity (Wildman–Crippen MR) is 115 cm³/mol. The van der Waals surface area contributed by atoms with Crippen molar-refractivity contribution in [2.75, 3.05) is 12.5 Å². The van der Waals surface area contributed by atoms with Crippen molar-refractivity contribution in [3.63, 3.8) is 0 Å². The second kappa shape index (κ2) is 16.0. The van der Waals surface area contributed by atoms with E-state index >= 15 is 0 Å². The second-order valence-corrected chi connectivity index (χ2v) is 8.43. The van der Waals surface area contributed by atoms with Gasteiger partial charge in [-0.05, 0) is 31.4 Å². The van der Waals surface area contributed by atoms with Gasteiger partial charge in [-0.15, -0.1) is 0 Å². The van der Waals surface area contributed by atoms with Gasteiger partial charge in [0.25, 0.3) is 0 Å². The summed E-state index contributed by atoms with van der Waals surface area (Å²) < 4.78 is 9.56. The van der Waals surface area contributed by atoms with E-state index in [-0.39, 0.29) is 62.4 Å². The fraction of sp³-hybridized carbons (Fsp3) is 0.400. The Hall–Kier alpha value is -0.727. The Bertz CT molecular complexity index is 821. The molecule has 168 valence electrons. The van der Waals surface area contributed by atoms with Crippen molar-refractivity contribution < 1.29 is 48.5 Å². The van der Waals surface area contributed by atoms with Crippen LogP contribution in [0.2, 0.25) is 0 Å². The van der Waals surface area contributed by atoms with Gasteiger partial charge in [0.05, 0.1) is 11.0 Å². The number of hydrogen-bond acceptors (Lipinski definition) is 6. The van der Waals surface area contributed by atoms with Gasteiger partial charge >= 0.3 is 19.5 Å². The Balaban J connectivity index is 0. The number of nitrogens with zero attached hydrogens (tertiary/aromatic N) is 2. The van der Waals surface area contributed by atoms with Gasteiger partial charge in [-0.2, -0.15) is 0 Å². The summed E-state index contributed by atoms with van der Waals surface area (Å²) in [5.41, 5.74) is 18.9. The first-order valence-corrected chi connectivity index (χ1v) is 10.9. The van der Waals surface area contributed by atoms with Crippen LogP contribution < -0.4 is 42.0 Å². The minimum Gasteiger partial charge on any atom is -1.00 e. The summed E-state index contributed by atoms with van der Waals surface area (Å²) in [6.07, 6.45) is 9.70. The Morgan fingerprint density at radius 2 is 1.07 bits per heavy atom. The SMILES string of the molecule is CS(C)=O.NC1CC(N)CC(N)C1.[Cl-].[Cl-].[Ru+2].c1cnc2c(c1)ccc1cccnc12. The molecule has 6 N–H and O–H groups in total. The largest absolute Gasteiger partial charge is 2.00 e. The molecule has 1 saturated carbocycles. The van der Waals surface area contributed by atoms with E-state index in [9.17, 15) is 4.21 Å². The zero-order chi connectivity index (χ0) is 19.8. The van der Waals surface area contributed by atoms with E-state index in [2.05, 4.69) is 34.2 Å². The molecule has 3 aromatic rings. The second-order valence-electron chi connectivity index (χ2n) is 6.94. The summed E-state index contributed by atoms with van der Waals surface area (Å²) in [7, 11) is -0.611. The number of pyridine rings is 2. The summed E-state index contributed by atoms with van der Waals surface area (Å²) in [5.74, 6) is 0. The van der Waals surface area contributed by atoms with E-state index in [1.165, 1.54) is 0 Å². The molecule has 10 heteroatoms. The van der Waals surface area contributed by atoms with Crippen molar-refractivity contribution in [3.8, 4) is 0 Å². The molecule has 30 heavy (non-hydrogen) atoms. The maximum atomic E-state index is 9.56. The normalized spacial score (nSPS) is 19.7. The first kappa shape index (κ1) is 31.5. The molecular weight excluding hydrogens is 530 g/mol. The molecule has 0 amide bonds. The van der Waals surface area contributed by atoms with E-state index in [0.29, 0.717) is 0 Å². The molecule has 0 atom stereocenters. The van der Waals surface area contributed by atoms with Gasteiger partial charge in [-0.3, -0.25) is 14.2 Å². The molecule has 1 aromatic carbocycles. The van der Waals surface area contributed by atoms with Gasteiger partial charge in [-0.1, -0.05) is 24.3 Å². The monoisotopic (exact) mass is 559 g/mol. The quantitative estimate of drug-likeness (QED) is 0.191. The molecule has 4 rings (SSSR count). The van der Waals surface area contributed by atoms with Crippen molar-refractivity contribution in [1.82, 2.24) is 9.97 Å². The summed E-state index contributed by atoms with van der Waals surface area (Å²) in [4.78, 5) is 8.69. The van der Waals surface area contributed by atoms with E-state index in [1.54, 1.807) is 24.9 Å². The van der Waals surface area contributed by atoms with Gasteiger partial charge in [-0.25, -0.2) is 0 Å². The van der Waals surface area contributed by atoms with Gasteiger partial charge in [0.15, 0.2) is 0 Å². The number of rotatable bonds is 0. The zero-order valence-corrected chi connectivity index (χ0v) is 21.1. The van der Waals surface area contributed by atoms with Crippen LogP contribution in [0.3, 0.4) is 0 Å². The molecule has 0 saturated heterocycles. The van der Waals surface area contributed by atoms with Crippen LogP contribution in [-0.2, 0) is 30.3 Å². The minimum absolute atomic E-state index is 0. The van der Waals surface area contributed by atoms with Gasteiger partial charge in [0.1, 0.15) is 0 Å². The van der Waals surface area contributed by atoms with Crippen LogP contribution in [0.25, 0.3) is 21.8 Å². The van der Waals surface area contributed by atoms with Crippen molar-refractivity contribution in [3.05, 3.63) is 48.8 Å². The Morgan fingerprint density at radius 3 is 1.37 bits per heavy atom. The molecule has 1 aliphatic carbocycles. The number of aromatic nitrogens is 2. The third kappa shape index (κ3) is 10.5. The van der Waals surface area contributed by atoms with Crippen LogP contribution in [0.4, 0.5) is 0 Å². The Morgan fingerprint density at radius 1 is 0.767 bits per heavy atom. The summed E-state index contributed by atoms with van der Waals surface area (Å²) in [5, 5.41) is 2.28. The standard InChI is InChI=1S/C12H8N2.C6H15N3.C2H6OS.2ClH.Ru/c1-3-9-5-6-10-4-2-8-14-12(10)11(9)13-7-1;7-4-1-5(8)3-6(9)2-4;1-4(2)3;;;/h1-8H;4-6H,1-3,7-9H2;1-2H3;2*1H;/q;;;;;+2/p-2. The zero-order valence-electron chi connectivity index (χ0n) is 17.0. The van der Waals surface area contributed by atoms with Crippen molar-refractivity contribution in [2.45, 2.75) is 37.4 Å². The van der Waals surface area contributed by atoms with Gasteiger partial charge < -0.3 is 42.0 Å². The van der Waals surface area contributed by atoms with Crippen LogP contribution in [0, 0.1) is 0 Å². The molecule has 2 heterocycles. The average molecular weight is 560 g/mol. The van der Waals surface area contributed by atoms with Crippen LogP contribution >= 0.6 is 0 Å². The molecule has 1 fully saturated rings. The molecule has 1 aliphatic rings. The van der Waals surface area contributed by atoms with Crippen molar-refractivity contribution in [1.29, 1.82) is 0 Å². The third-order valence-corrected chi connectivity index (χ3v) is 4.16. The van der Waals surface area contributed by atoms with Gasteiger partial charge in [0.2, 0.25) is 0 Å². The number of fused-ring (bicyclic) bond motifs is 3.